The Kier molecular flexibility index (Phi) is 7.34. The van der Waals surface area contributed by atoms with Crippen LogP contribution in [0.15, 0.2) is 93.9 Å². The number of nitrogens with zero attached hydrogens (tertiary/aromatic N) is 1. The van der Waals surface area contributed by atoms with E-state index in [1.54, 1.807) is 6.20 Å². The zero-order valence-corrected chi connectivity index (χ0v) is 22.2. The molecule has 37 heavy (non-hydrogen) atoms. The lowest BCUT2D eigenvalue weighted by Gasteiger charge is -2.19. The number of oxazole rings is 1. The number of thiocarbonyl (C=S) groups is 1. The molecule has 186 valence electrons. The molecule has 0 aliphatic rings. The molecule has 0 fully saturated rings. The number of para-hydroxylation sites is 2. The molecule has 0 aliphatic carbocycles. The van der Waals surface area contributed by atoms with Crippen LogP contribution in [0.2, 0.25) is 0 Å². The Morgan fingerprint density at radius 2 is 1.81 bits per heavy atom. The van der Waals surface area contributed by atoms with E-state index >= 15 is 0 Å². The van der Waals surface area contributed by atoms with Crippen LogP contribution in [0.4, 0.5) is 5.69 Å². The van der Waals surface area contributed by atoms with Crippen molar-refractivity contribution in [1.29, 1.82) is 0 Å². The molecule has 5 aromatic rings. The summed E-state index contributed by atoms with van der Waals surface area (Å²) in [6.07, 6.45) is 2.33. The van der Waals surface area contributed by atoms with Gasteiger partial charge < -0.3 is 24.8 Å². The van der Waals surface area contributed by atoms with Crippen molar-refractivity contribution >= 4 is 55.8 Å². The van der Waals surface area contributed by atoms with Crippen molar-refractivity contribution in [2.75, 3.05) is 12.4 Å². The summed E-state index contributed by atoms with van der Waals surface area (Å²) in [5.74, 6) is 0.0762. The average molecular weight is 575 g/mol. The molecule has 1 atom stereocenters. The Balaban J connectivity index is 1.53. The lowest BCUT2D eigenvalue weighted by atomic mass is 10.1. The number of methoxy groups -OCH3 is 1. The van der Waals surface area contributed by atoms with E-state index in [1.165, 1.54) is 7.11 Å². The number of benzene rings is 3. The maximum atomic E-state index is 12.7. The zero-order chi connectivity index (χ0) is 25.8. The molecule has 0 bridgehead atoms. The molecule has 3 aromatic carbocycles. The normalized spacial score (nSPS) is 11.7. The SMILES string of the molecule is COC(=O)c1nc([C@H](Cc2ccccc2)NC(=S)Nc2ccccc2Br)oc1-c1c[nH]c2ccccc12. The number of esters is 1. The Bertz CT molecular complexity index is 1560. The highest BCUT2D eigenvalue weighted by molar-refractivity contribution is 9.10. The van der Waals surface area contributed by atoms with Gasteiger partial charge in [0.15, 0.2) is 16.6 Å². The average Bonchev–Trinajstić information content (AvgIpc) is 3.54. The van der Waals surface area contributed by atoms with Gasteiger partial charge in [-0.1, -0.05) is 60.7 Å². The molecule has 2 aromatic heterocycles. The van der Waals surface area contributed by atoms with Gasteiger partial charge in [0.1, 0.15) is 6.04 Å². The second kappa shape index (κ2) is 11.0. The Morgan fingerprint density at radius 1 is 1.08 bits per heavy atom. The van der Waals surface area contributed by atoms with Crippen LogP contribution in [0.3, 0.4) is 0 Å². The third-order valence-corrected chi connectivity index (χ3v) is 6.78. The smallest absolute Gasteiger partial charge is 0.360 e. The maximum absolute atomic E-state index is 12.7. The number of anilines is 1. The van der Waals surface area contributed by atoms with Crippen molar-refractivity contribution in [1.82, 2.24) is 15.3 Å². The molecule has 0 spiro atoms. The maximum Gasteiger partial charge on any atom is 0.360 e. The number of hydrogen-bond donors (Lipinski definition) is 3. The summed E-state index contributed by atoms with van der Waals surface area (Å²) in [5, 5.41) is 7.83. The van der Waals surface area contributed by atoms with Crippen LogP contribution in [0.25, 0.3) is 22.2 Å². The highest BCUT2D eigenvalue weighted by Crippen LogP contribution is 2.34. The predicted molar refractivity (Wildman–Crippen MR) is 152 cm³/mol. The lowest BCUT2D eigenvalue weighted by Crippen LogP contribution is -2.33. The van der Waals surface area contributed by atoms with Gasteiger partial charge in [0.25, 0.3) is 0 Å². The third-order valence-electron chi connectivity index (χ3n) is 5.86. The van der Waals surface area contributed by atoms with E-state index in [9.17, 15) is 4.79 Å². The summed E-state index contributed by atoms with van der Waals surface area (Å²) in [7, 11) is 1.33. The van der Waals surface area contributed by atoms with Crippen molar-refractivity contribution < 1.29 is 13.9 Å². The van der Waals surface area contributed by atoms with Gasteiger partial charge >= 0.3 is 5.97 Å². The number of carbonyl (C=O) groups is 1. The number of carbonyl (C=O) groups excluding carboxylic acids is 1. The second-order valence-corrected chi connectivity index (χ2v) is 9.55. The Hall–Kier alpha value is -3.95. The van der Waals surface area contributed by atoms with Crippen molar-refractivity contribution in [2.24, 2.45) is 0 Å². The number of nitrogens with one attached hydrogen (secondary N) is 3. The molecule has 2 heterocycles. The van der Waals surface area contributed by atoms with E-state index in [0.717, 1.165) is 32.2 Å². The quantitative estimate of drug-likeness (QED) is 0.148. The van der Waals surface area contributed by atoms with Crippen LogP contribution in [-0.4, -0.2) is 28.2 Å². The van der Waals surface area contributed by atoms with Crippen molar-refractivity contribution in [3.05, 3.63) is 107 Å². The largest absolute Gasteiger partial charge is 0.464 e. The summed E-state index contributed by atoms with van der Waals surface area (Å²) in [5.41, 5.74) is 3.62. The van der Waals surface area contributed by atoms with Gasteiger partial charge in [-0.05, 0) is 51.9 Å². The first-order valence-electron chi connectivity index (χ1n) is 11.5. The molecule has 0 unspecified atom stereocenters. The summed E-state index contributed by atoms with van der Waals surface area (Å²) in [6, 6.07) is 24.9. The topological polar surface area (TPSA) is 92.2 Å². The molecular formula is C28H23BrN4O3S. The van der Waals surface area contributed by atoms with Gasteiger partial charge in [0.05, 0.1) is 12.8 Å². The van der Waals surface area contributed by atoms with Gasteiger partial charge in [-0.25, -0.2) is 9.78 Å². The minimum Gasteiger partial charge on any atom is -0.464 e. The van der Waals surface area contributed by atoms with E-state index in [4.69, 9.17) is 21.4 Å². The monoisotopic (exact) mass is 574 g/mol. The highest BCUT2D eigenvalue weighted by atomic mass is 79.9. The van der Waals surface area contributed by atoms with Gasteiger partial charge in [-0.2, -0.15) is 0 Å². The van der Waals surface area contributed by atoms with Crippen LogP contribution in [-0.2, 0) is 11.2 Å². The van der Waals surface area contributed by atoms with E-state index in [0.29, 0.717) is 23.2 Å². The lowest BCUT2D eigenvalue weighted by molar-refractivity contribution is 0.0595. The van der Waals surface area contributed by atoms with E-state index in [-0.39, 0.29) is 5.69 Å². The molecule has 7 nitrogen and oxygen atoms in total. The van der Waals surface area contributed by atoms with Crippen molar-refractivity contribution in [3.63, 3.8) is 0 Å². The number of hydrogen-bond acceptors (Lipinski definition) is 5. The molecule has 0 saturated heterocycles. The summed E-state index contributed by atoms with van der Waals surface area (Å²) < 4.78 is 12.2. The number of fused-ring (bicyclic) bond motifs is 1. The number of aromatic amines is 1. The minimum absolute atomic E-state index is 0.104. The number of H-pyrrole nitrogens is 1. The van der Waals surface area contributed by atoms with Gasteiger partial charge in [-0.15, -0.1) is 0 Å². The molecule has 3 N–H and O–H groups in total. The Labute approximate surface area is 227 Å². The summed E-state index contributed by atoms with van der Waals surface area (Å²) >= 11 is 9.17. The molecule has 5 rings (SSSR count). The summed E-state index contributed by atoms with van der Waals surface area (Å²) in [4.78, 5) is 20.6. The fraction of sp³-hybridized carbons (Fsp3) is 0.107. The minimum atomic E-state index is -0.581. The fourth-order valence-corrected chi connectivity index (χ4v) is 4.73. The number of halogens is 1. The summed E-state index contributed by atoms with van der Waals surface area (Å²) in [6.45, 7) is 0. The second-order valence-electron chi connectivity index (χ2n) is 8.29. The Morgan fingerprint density at radius 3 is 2.59 bits per heavy atom. The number of aromatic nitrogens is 2. The van der Waals surface area contributed by atoms with Crippen LogP contribution in [0.5, 0.6) is 0 Å². The van der Waals surface area contributed by atoms with Gasteiger partial charge in [0.2, 0.25) is 5.89 Å². The van der Waals surface area contributed by atoms with Crippen LogP contribution < -0.4 is 10.6 Å². The third kappa shape index (κ3) is 5.42. The van der Waals surface area contributed by atoms with Crippen LogP contribution in [0, 0.1) is 0 Å². The van der Waals surface area contributed by atoms with E-state index in [1.807, 2.05) is 78.9 Å². The molecule has 0 amide bonds. The molecular weight excluding hydrogens is 552 g/mol. The zero-order valence-electron chi connectivity index (χ0n) is 19.8. The number of ether oxygens (including phenoxy) is 1. The van der Waals surface area contributed by atoms with E-state index < -0.39 is 12.0 Å². The van der Waals surface area contributed by atoms with E-state index in [2.05, 4.69) is 36.5 Å². The standard InChI is InChI=1S/C28H23BrN4O3S/c1-35-27(34)24-25(19-16-30-21-13-7-5-11-18(19)21)36-26(33-24)23(15-17-9-3-2-4-10-17)32-28(37)31-22-14-8-6-12-20(22)29/h2-14,16,23,30H,15H2,1H3,(H2,31,32,37)/t23-/m0/s1. The van der Waals surface area contributed by atoms with Crippen LogP contribution in [0.1, 0.15) is 28.0 Å². The van der Waals surface area contributed by atoms with Crippen molar-refractivity contribution in [3.8, 4) is 11.3 Å². The molecule has 0 aliphatic heterocycles. The first kappa shape index (κ1) is 24.7. The first-order valence-corrected chi connectivity index (χ1v) is 12.7. The number of rotatable bonds is 7. The van der Waals surface area contributed by atoms with Gasteiger partial charge in [0, 0.05) is 33.6 Å². The predicted octanol–water partition coefficient (Wildman–Crippen LogP) is 6.64. The van der Waals surface area contributed by atoms with Gasteiger partial charge in [-0.3, -0.25) is 0 Å². The fourth-order valence-electron chi connectivity index (χ4n) is 4.09. The molecule has 9 heteroatoms. The highest BCUT2D eigenvalue weighted by Gasteiger charge is 2.28. The molecule has 0 radical (unpaired) electrons. The van der Waals surface area contributed by atoms with Crippen molar-refractivity contribution in [2.45, 2.75) is 12.5 Å². The van der Waals surface area contributed by atoms with Crippen LogP contribution >= 0.6 is 28.1 Å². The first-order chi connectivity index (χ1) is 18.0. The molecule has 0 saturated carbocycles.